The van der Waals surface area contributed by atoms with Crippen molar-refractivity contribution in [1.82, 2.24) is 0 Å². The lowest BCUT2D eigenvalue weighted by Gasteiger charge is -2.06. The molecule has 0 unspecified atom stereocenters. The number of carbonyl (C=O) groups is 1. The molecule has 2 nitrogen and oxygen atoms in total. The van der Waals surface area contributed by atoms with Gasteiger partial charge in [0.15, 0.2) is 5.78 Å². The molecule has 82 valence electrons. The van der Waals surface area contributed by atoms with E-state index in [4.69, 9.17) is 4.42 Å². The van der Waals surface area contributed by atoms with E-state index in [-0.39, 0.29) is 5.78 Å². The smallest absolute Gasteiger partial charge is 0.167 e. The van der Waals surface area contributed by atoms with Gasteiger partial charge < -0.3 is 4.42 Å². The molecular weight excluding hydrogens is 200 g/mol. The molecule has 1 heterocycles. The third-order valence-electron chi connectivity index (χ3n) is 2.85. The SMILES string of the molecule is Cc1cccc(C(=O)Cc2ccoc2)c1C. The molecule has 0 saturated carbocycles. The van der Waals surface area contributed by atoms with Crippen LogP contribution in [0.2, 0.25) is 0 Å². The molecule has 2 rings (SSSR count). The van der Waals surface area contributed by atoms with Gasteiger partial charge in [-0.25, -0.2) is 0 Å². The molecule has 2 aromatic rings. The number of rotatable bonds is 3. The average Bonchev–Trinajstić information content (AvgIpc) is 2.74. The summed E-state index contributed by atoms with van der Waals surface area (Å²) in [5.74, 6) is 0.141. The van der Waals surface area contributed by atoms with Crippen molar-refractivity contribution in [1.29, 1.82) is 0 Å². The standard InChI is InChI=1S/C14H14O2/c1-10-4-3-5-13(11(10)2)14(15)8-12-6-7-16-9-12/h3-7,9H,8H2,1-2H3. The Balaban J connectivity index is 2.24. The Morgan fingerprint density at radius 1 is 1.25 bits per heavy atom. The zero-order valence-corrected chi connectivity index (χ0v) is 9.49. The second kappa shape index (κ2) is 4.35. The molecule has 0 bridgehead atoms. The van der Waals surface area contributed by atoms with E-state index in [0.29, 0.717) is 6.42 Å². The first-order valence-corrected chi connectivity index (χ1v) is 5.29. The Morgan fingerprint density at radius 3 is 2.75 bits per heavy atom. The molecule has 0 aliphatic heterocycles. The minimum atomic E-state index is 0.141. The largest absolute Gasteiger partial charge is 0.472 e. The van der Waals surface area contributed by atoms with Crippen LogP contribution >= 0.6 is 0 Å². The van der Waals surface area contributed by atoms with Crippen LogP contribution in [0.4, 0.5) is 0 Å². The molecule has 0 aliphatic rings. The van der Waals surface area contributed by atoms with Crippen molar-refractivity contribution in [3.63, 3.8) is 0 Å². The third kappa shape index (κ3) is 2.06. The number of carbonyl (C=O) groups excluding carboxylic acids is 1. The van der Waals surface area contributed by atoms with Gasteiger partial charge in [-0.15, -0.1) is 0 Å². The number of hydrogen-bond donors (Lipinski definition) is 0. The maximum atomic E-state index is 12.0. The molecule has 0 spiro atoms. The lowest BCUT2D eigenvalue weighted by Crippen LogP contribution is -2.05. The van der Waals surface area contributed by atoms with Crippen molar-refractivity contribution in [3.05, 3.63) is 59.0 Å². The highest BCUT2D eigenvalue weighted by Crippen LogP contribution is 2.15. The van der Waals surface area contributed by atoms with E-state index in [2.05, 4.69) is 0 Å². The van der Waals surface area contributed by atoms with Gasteiger partial charge >= 0.3 is 0 Å². The predicted octanol–water partition coefficient (Wildman–Crippen LogP) is 3.32. The Hall–Kier alpha value is -1.83. The Bertz CT molecular complexity index is 495. The molecule has 2 heteroatoms. The monoisotopic (exact) mass is 214 g/mol. The normalized spacial score (nSPS) is 10.4. The van der Waals surface area contributed by atoms with Crippen LogP contribution < -0.4 is 0 Å². The van der Waals surface area contributed by atoms with Crippen LogP contribution in [0.25, 0.3) is 0 Å². The van der Waals surface area contributed by atoms with Crippen LogP contribution in [0.1, 0.15) is 27.0 Å². The Kier molecular flexibility index (Phi) is 2.91. The molecule has 1 aromatic heterocycles. The van der Waals surface area contributed by atoms with Gasteiger partial charge in [0.05, 0.1) is 12.5 Å². The molecule has 0 saturated heterocycles. The highest BCUT2D eigenvalue weighted by atomic mass is 16.3. The second-order valence-corrected chi connectivity index (χ2v) is 3.98. The molecule has 0 atom stereocenters. The number of benzene rings is 1. The lowest BCUT2D eigenvalue weighted by atomic mass is 9.97. The summed E-state index contributed by atoms with van der Waals surface area (Å²) >= 11 is 0. The minimum Gasteiger partial charge on any atom is -0.472 e. The van der Waals surface area contributed by atoms with E-state index >= 15 is 0 Å². The zero-order valence-electron chi connectivity index (χ0n) is 9.49. The summed E-state index contributed by atoms with van der Waals surface area (Å²) in [6.07, 6.45) is 3.61. The van der Waals surface area contributed by atoms with Crippen LogP contribution in [-0.4, -0.2) is 5.78 Å². The summed E-state index contributed by atoms with van der Waals surface area (Å²) < 4.78 is 4.95. The summed E-state index contributed by atoms with van der Waals surface area (Å²) in [6, 6.07) is 7.64. The fraction of sp³-hybridized carbons (Fsp3) is 0.214. The Labute approximate surface area is 94.9 Å². The minimum absolute atomic E-state index is 0.141. The zero-order chi connectivity index (χ0) is 11.5. The molecule has 0 aliphatic carbocycles. The van der Waals surface area contributed by atoms with Crippen LogP contribution in [0, 0.1) is 13.8 Å². The van der Waals surface area contributed by atoms with E-state index in [1.54, 1.807) is 12.5 Å². The summed E-state index contributed by atoms with van der Waals surface area (Å²) in [4.78, 5) is 12.0. The second-order valence-electron chi connectivity index (χ2n) is 3.98. The van der Waals surface area contributed by atoms with Crippen LogP contribution in [0.3, 0.4) is 0 Å². The number of Topliss-reactive ketones (excluding diaryl/α,β-unsaturated/α-hetero) is 1. The molecular formula is C14H14O2. The number of ketones is 1. The van der Waals surface area contributed by atoms with E-state index in [1.807, 2.05) is 38.1 Å². The molecule has 0 amide bonds. The van der Waals surface area contributed by atoms with Gasteiger partial charge in [-0.1, -0.05) is 18.2 Å². The highest BCUT2D eigenvalue weighted by Gasteiger charge is 2.11. The summed E-state index contributed by atoms with van der Waals surface area (Å²) in [6.45, 7) is 4.00. The first-order valence-electron chi connectivity index (χ1n) is 5.29. The van der Waals surface area contributed by atoms with Crippen molar-refractivity contribution < 1.29 is 9.21 Å². The number of furan rings is 1. The quantitative estimate of drug-likeness (QED) is 0.734. The summed E-state index contributed by atoms with van der Waals surface area (Å²) in [5.41, 5.74) is 3.95. The average molecular weight is 214 g/mol. The lowest BCUT2D eigenvalue weighted by molar-refractivity contribution is 0.0992. The fourth-order valence-corrected chi connectivity index (χ4v) is 1.73. The van der Waals surface area contributed by atoms with E-state index in [9.17, 15) is 4.79 Å². The van der Waals surface area contributed by atoms with Crippen molar-refractivity contribution in [2.75, 3.05) is 0 Å². The van der Waals surface area contributed by atoms with Crippen molar-refractivity contribution >= 4 is 5.78 Å². The predicted molar refractivity (Wildman–Crippen MR) is 62.7 cm³/mol. The Morgan fingerprint density at radius 2 is 2.06 bits per heavy atom. The van der Waals surface area contributed by atoms with Crippen molar-refractivity contribution in [3.8, 4) is 0 Å². The summed E-state index contributed by atoms with van der Waals surface area (Å²) in [7, 11) is 0. The van der Waals surface area contributed by atoms with Gasteiger partial charge in [0.25, 0.3) is 0 Å². The first-order chi connectivity index (χ1) is 7.68. The maximum absolute atomic E-state index is 12.0. The van der Waals surface area contributed by atoms with Crippen LogP contribution in [-0.2, 0) is 6.42 Å². The third-order valence-corrected chi connectivity index (χ3v) is 2.85. The maximum Gasteiger partial charge on any atom is 0.167 e. The molecule has 1 aromatic carbocycles. The molecule has 16 heavy (non-hydrogen) atoms. The van der Waals surface area contributed by atoms with Crippen molar-refractivity contribution in [2.24, 2.45) is 0 Å². The van der Waals surface area contributed by atoms with Gasteiger partial charge in [-0.2, -0.15) is 0 Å². The number of hydrogen-bond acceptors (Lipinski definition) is 2. The van der Waals surface area contributed by atoms with Gasteiger partial charge in [0.1, 0.15) is 0 Å². The van der Waals surface area contributed by atoms with Gasteiger partial charge in [0, 0.05) is 12.0 Å². The van der Waals surface area contributed by atoms with Gasteiger partial charge in [0.2, 0.25) is 0 Å². The topological polar surface area (TPSA) is 30.2 Å². The molecule has 0 fully saturated rings. The van der Waals surface area contributed by atoms with E-state index in [0.717, 1.165) is 22.3 Å². The van der Waals surface area contributed by atoms with Crippen LogP contribution in [0.5, 0.6) is 0 Å². The van der Waals surface area contributed by atoms with Gasteiger partial charge in [-0.3, -0.25) is 4.79 Å². The fourth-order valence-electron chi connectivity index (χ4n) is 1.73. The summed E-state index contributed by atoms with van der Waals surface area (Å²) in [5, 5.41) is 0. The van der Waals surface area contributed by atoms with Gasteiger partial charge in [-0.05, 0) is 36.6 Å². The van der Waals surface area contributed by atoms with E-state index in [1.165, 1.54) is 0 Å². The van der Waals surface area contributed by atoms with Crippen LogP contribution in [0.15, 0.2) is 41.2 Å². The number of aryl methyl sites for hydroxylation is 1. The molecule has 0 N–H and O–H groups in total. The van der Waals surface area contributed by atoms with E-state index < -0.39 is 0 Å². The highest BCUT2D eigenvalue weighted by molar-refractivity contribution is 5.99. The first kappa shape index (κ1) is 10.7. The van der Waals surface area contributed by atoms with Crippen molar-refractivity contribution in [2.45, 2.75) is 20.3 Å². The molecule has 0 radical (unpaired) electrons.